The topological polar surface area (TPSA) is 46.4 Å². The molecule has 2 aromatic heterocycles. The molecule has 0 atom stereocenters. The van der Waals surface area contributed by atoms with Gasteiger partial charge in [-0.2, -0.15) is 0 Å². The van der Waals surface area contributed by atoms with Crippen LogP contribution in [0.15, 0.2) is 79.1 Å². The van der Waals surface area contributed by atoms with Gasteiger partial charge in [0.25, 0.3) is 0 Å². The van der Waals surface area contributed by atoms with Crippen LogP contribution in [0, 0.1) is 0 Å². The molecule has 116 valence electrons. The van der Waals surface area contributed by atoms with Crippen molar-refractivity contribution in [2.75, 3.05) is 5.32 Å². The third kappa shape index (κ3) is 2.65. The number of pyridine rings is 1. The maximum atomic E-state index is 12.3. The Kier molecular flexibility index (Phi) is 3.56. The first-order chi connectivity index (χ1) is 11.8. The van der Waals surface area contributed by atoms with E-state index in [9.17, 15) is 4.79 Å². The van der Waals surface area contributed by atoms with E-state index in [2.05, 4.69) is 10.3 Å². The minimum absolute atomic E-state index is 0.169. The molecule has 0 aliphatic rings. The van der Waals surface area contributed by atoms with Gasteiger partial charge >= 0.3 is 0 Å². The van der Waals surface area contributed by atoms with E-state index in [0.29, 0.717) is 0 Å². The van der Waals surface area contributed by atoms with Crippen molar-refractivity contribution in [3.63, 3.8) is 0 Å². The van der Waals surface area contributed by atoms with Crippen molar-refractivity contribution in [3.8, 4) is 0 Å². The molecule has 0 saturated carbocycles. The molecule has 4 aromatic rings. The Morgan fingerprint density at radius 2 is 1.83 bits per heavy atom. The quantitative estimate of drug-likeness (QED) is 0.578. The number of carbonyl (C=O) groups excluding carboxylic acids is 1. The fourth-order valence-corrected chi connectivity index (χ4v) is 2.75. The molecule has 24 heavy (non-hydrogen) atoms. The van der Waals surface area contributed by atoms with Crippen LogP contribution in [0.1, 0.15) is 5.69 Å². The highest BCUT2D eigenvalue weighted by Gasteiger charge is 2.04. The minimum atomic E-state index is -0.169. The lowest BCUT2D eigenvalue weighted by Crippen LogP contribution is -2.08. The van der Waals surface area contributed by atoms with Gasteiger partial charge in [-0.1, -0.05) is 42.5 Å². The van der Waals surface area contributed by atoms with Gasteiger partial charge in [0.15, 0.2) is 0 Å². The van der Waals surface area contributed by atoms with Crippen molar-refractivity contribution in [2.24, 2.45) is 0 Å². The number of hydrogen-bond acceptors (Lipinski definition) is 2. The second-order valence-electron chi connectivity index (χ2n) is 5.46. The highest BCUT2D eigenvalue weighted by molar-refractivity contribution is 6.07. The van der Waals surface area contributed by atoms with Crippen molar-refractivity contribution in [1.29, 1.82) is 0 Å². The summed E-state index contributed by atoms with van der Waals surface area (Å²) in [6.07, 6.45) is 6.96. The molecule has 0 bridgehead atoms. The van der Waals surface area contributed by atoms with Gasteiger partial charge in [-0.05, 0) is 29.7 Å². The first-order valence-corrected chi connectivity index (χ1v) is 7.70. The lowest BCUT2D eigenvalue weighted by atomic mass is 10.1. The molecule has 4 rings (SSSR count). The normalized spacial score (nSPS) is 11.3. The predicted molar refractivity (Wildman–Crippen MR) is 96.8 cm³/mol. The second-order valence-corrected chi connectivity index (χ2v) is 5.46. The largest absolute Gasteiger partial charge is 0.322 e. The highest BCUT2D eigenvalue weighted by atomic mass is 16.1. The second kappa shape index (κ2) is 6.01. The summed E-state index contributed by atoms with van der Waals surface area (Å²) in [6, 6.07) is 19.6. The van der Waals surface area contributed by atoms with E-state index >= 15 is 0 Å². The van der Waals surface area contributed by atoms with Crippen molar-refractivity contribution in [3.05, 3.63) is 84.8 Å². The zero-order valence-electron chi connectivity index (χ0n) is 12.9. The number of nitrogens with one attached hydrogen (secondary N) is 1. The predicted octanol–water partition coefficient (Wildman–Crippen LogP) is 4.14. The fourth-order valence-electron chi connectivity index (χ4n) is 2.75. The summed E-state index contributed by atoms with van der Waals surface area (Å²) in [5.74, 6) is -0.169. The number of hydrogen-bond donors (Lipinski definition) is 1. The third-order valence-corrected chi connectivity index (χ3v) is 3.90. The van der Waals surface area contributed by atoms with E-state index in [1.807, 2.05) is 71.3 Å². The van der Waals surface area contributed by atoms with E-state index in [1.165, 1.54) is 6.08 Å². The van der Waals surface area contributed by atoms with Crippen molar-refractivity contribution >= 4 is 34.1 Å². The van der Waals surface area contributed by atoms with Gasteiger partial charge in [0, 0.05) is 23.3 Å². The van der Waals surface area contributed by atoms with Gasteiger partial charge < -0.3 is 9.72 Å². The van der Waals surface area contributed by atoms with Crippen LogP contribution in [0.25, 0.3) is 22.5 Å². The smallest absolute Gasteiger partial charge is 0.248 e. The summed E-state index contributed by atoms with van der Waals surface area (Å²) in [4.78, 5) is 16.6. The average molecular weight is 313 g/mol. The van der Waals surface area contributed by atoms with Crippen LogP contribution in [0.3, 0.4) is 0 Å². The van der Waals surface area contributed by atoms with E-state index in [1.54, 1.807) is 12.3 Å². The number of carbonyl (C=O) groups is 1. The number of imidazole rings is 1. The number of anilines is 1. The molecular formula is C20H15N3O. The lowest BCUT2D eigenvalue weighted by molar-refractivity contribution is -0.111. The summed E-state index contributed by atoms with van der Waals surface area (Å²) < 4.78 is 1.93. The molecule has 1 N–H and O–H groups in total. The van der Waals surface area contributed by atoms with Crippen LogP contribution in [-0.2, 0) is 4.79 Å². The Morgan fingerprint density at radius 3 is 2.79 bits per heavy atom. The molecule has 4 nitrogen and oxygen atoms in total. The number of nitrogens with zero attached hydrogens (tertiary/aromatic N) is 2. The van der Waals surface area contributed by atoms with Crippen LogP contribution in [0.5, 0.6) is 0 Å². The molecule has 0 saturated heterocycles. The van der Waals surface area contributed by atoms with Gasteiger partial charge in [-0.3, -0.25) is 4.79 Å². The summed E-state index contributed by atoms with van der Waals surface area (Å²) >= 11 is 0. The minimum Gasteiger partial charge on any atom is -0.322 e. The highest BCUT2D eigenvalue weighted by Crippen LogP contribution is 2.22. The van der Waals surface area contributed by atoms with Gasteiger partial charge in [-0.15, -0.1) is 0 Å². The zero-order chi connectivity index (χ0) is 16.4. The SMILES string of the molecule is O=C(/C=C/c1cnc2ccccn12)Nc1cccc2ccccc12. The Morgan fingerprint density at radius 1 is 1.00 bits per heavy atom. The molecular weight excluding hydrogens is 298 g/mol. The molecule has 0 fully saturated rings. The van der Waals surface area contributed by atoms with Gasteiger partial charge in [-0.25, -0.2) is 4.98 Å². The Bertz CT molecular complexity index is 1060. The monoisotopic (exact) mass is 313 g/mol. The molecule has 1 amide bonds. The van der Waals surface area contributed by atoms with Crippen LogP contribution >= 0.6 is 0 Å². The first-order valence-electron chi connectivity index (χ1n) is 7.70. The molecule has 0 unspecified atom stereocenters. The zero-order valence-corrected chi connectivity index (χ0v) is 12.9. The van der Waals surface area contributed by atoms with Gasteiger partial charge in [0.2, 0.25) is 5.91 Å². The van der Waals surface area contributed by atoms with Crippen LogP contribution < -0.4 is 5.32 Å². The Labute approximate surface area is 139 Å². The average Bonchev–Trinajstić information content (AvgIpc) is 3.04. The molecule has 0 spiro atoms. The third-order valence-electron chi connectivity index (χ3n) is 3.90. The van der Waals surface area contributed by atoms with Crippen LogP contribution in [-0.4, -0.2) is 15.3 Å². The Balaban J connectivity index is 1.58. The summed E-state index contributed by atoms with van der Waals surface area (Å²) in [6.45, 7) is 0. The Hall–Kier alpha value is -3.40. The molecule has 0 radical (unpaired) electrons. The fraction of sp³-hybridized carbons (Fsp3) is 0. The van der Waals surface area contributed by atoms with Crippen molar-refractivity contribution in [1.82, 2.24) is 9.38 Å². The van der Waals surface area contributed by atoms with Crippen molar-refractivity contribution in [2.45, 2.75) is 0 Å². The van der Waals surface area contributed by atoms with E-state index < -0.39 is 0 Å². The standard InChI is InChI=1S/C20H15N3O/c24-20(12-11-16-14-21-19-10-3-4-13-23(16)19)22-18-9-5-7-15-6-1-2-8-17(15)18/h1-14H,(H,22,24)/b12-11+. The van der Waals surface area contributed by atoms with E-state index in [0.717, 1.165) is 27.8 Å². The maximum Gasteiger partial charge on any atom is 0.248 e. The molecule has 4 heteroatoms. The van der Waals surface area contributed by atoms with Crippen molar-refractivity contribution < 1.29 is 4.79 Å². The molecule has 0 aliphatic carbocycles. The maximum absolute atomic E-state index is 12.3. The number of amides is 1. The van der Waals surface area contributed by atoms with Gasteiger partial charge in [0.1, 0.15) is 5.65 Å². The number of benzene rings is 2. The summed E-state index contributed by atoms with van der Waals surface area (Å²) in [7, 11) is 0. The number of fused-ring (bicyclic) bond motifs is 2. The summed E-state index contributed by atoms with van der Waals surface area (Å²) in [5, 5.41) is 5.06. The number of rotatable bonds is 3. The van der Waals surface area contributed by atoms with E-state index in [-0.39, 0.29) is 5.91 Å². The molecule has 2 aromatic carbocycles. The van der Waals surface area contributed by atoms with Crippen LogP contribution in [0.2, 0.25) is 0 Å². The first kappa shape index (κ1) is 14.2. The van der Waals surface area contributed by atoms with E-state index in [4.69, 9.17) is 0 Å². The number of aromatic nitrogens is 2. The lowest BCUT2D eigenvalue weighted by Gasteiger charge is -2.06. The van der Waals surface area contributed by atoms with Gasteiger partial charge in [0.05, 0.1) is 11.9 Å². The summed E-state index contributed by atoms with van der Waals surface area (Å²) in [5.41, 5.74) is 2.52. The molecule has 0 aliphatic heterocycles. The molecule has 2 heterocycles. The van der Waals surface area contributed by atoms with Crippen LogP contribution in [0.4, 0.5) is 5.69 Å².